The van der Waals surface area contributed by atoms with E-state index in [9.17, 15) is 13.6 Å². The van der Waals surface area contributed by atoms with E-state index < -0.39 is 17.5 Å². The summed E-state index contributed by atoms with van der Waals surface area (Å²) >= 11 is 0. The summed E-state index contributed by atoms with van der Waals surface area (Å²) in [5.41, 5.74) is 0.877. The van der Waals surface area contributed by atoms with Crippen LogP contribution in [0.5, 0.6) is 0 Å². The van der Waals surface area contributed by atoms with Crippen LogP contribution in [0.4, 0.5) is 14.5 Å². The average molecular weight is 266 g/mol. The van der Waals surface area contributed by atoms with E-state index in [1.165, 1.54) is 0 Å². The predicted molar refractivity (Wildman–Crippen MR) is 70.3 cm³/mol. The Morgan fingerprint density at radius 3 is 2.47 bits per heavy atom. The average Bonchev–Trinajstić information content (AvgIpc) is 2.26. The Balaban J connectivity index is 2.26. The van der Waals surface area contributed by atoms with Crippen LogP contribution in [-0.2, 0) is 0 Å². The molecular weight excluding hydrogens is 250 g/mol. The van der Waals surface area contributed by atoms with Crippen molar-refractivity contribution in [1.29, 1.82) is 0 Å². The van der Waals surface area contributed by atoms with Crippen molar-refractivity contribution in [3.8, 4) is 0 Å². The zero-order chi connectivity index (χ0) is 14.2. The topological polar surface area (TPSA) is 32.3 Å². The number of benzene rings is 1. The molecule has 0 saturated carbocycles. The summed E-state index contributed by atoms with van der Waals surface area (Å²) in [6.07, 6.45) is 0. The fourth-order valence-electron chi connectivity index (χ4n) is 1.96. The molecule has 0 spiro atoms. The van der Waals surface area contributed by atoms with Gasteiger partial charge in [0.05, 0.1) is 11.3 Å². The molecule has 1 saturated heterocycles. The highest BCUT2D eigenvalue weighted by Crippen LogP contribution is 2.28. The lowest BCUT2D eigenvalue weighted by Gasteiger charge is -2.35. The Labute approximate surface area is 110 Å². The molecule has 0 radical (unpaired) electrons. The minimum Gasteiger partial charge on any atom is -0.361 e. The second-order valence-corrected chi connectivity index (χ2v) is 5.02. The third kappa shape index (κ3) is 2.75. The van der Waals surface area contributed by atoms with Gasteiger partial charge in [-0.3, -0.25) is 4.79 Å². The Morgan fingerprint density at radius 2 is 1.95 bits per heavy atom. The van der Waals surface area contributed by atoms with Gasteiger partial charge in [0.25, 0.3) is 5.91 Å². The number of halogens is 2. The van der Waals surface area contributed by atoms with Gasteiger partial charge in [0, 0.05) is 25.2 Å². The van der Waals surface area contributed by atoms with Crippen LogP contribution < -0.4 is 10.2 Å². The summed E-state index contributed by atoms with van der Waals surface area (Å²) in [6, 6.07) is 1.88. The van der Waals surface area contributed by atoms with Crippen LogP contribution in [0, 0.1) is 11.6 Å². The van der Waals surface area contributed by atoms with E-state index in [1.807, 2.05) is 0 Å². The van der Waals surface area contributed by atoms with Crippen LogP contribution in [-0.4, -0.2) is 25.0 Å². The van der Waals surface area contributed by atoms with E-state index in [4.69, 9.17) is 0 Å². The molecule has 0 aromatic heterocycles. The molecule has 1 fully saturated rings. The van der Waals surface area contributed by atoms with E-state index >= 15 is 0 Å². The van der Waals surface area contributed by atoms with Crippen LogP contribution in [0.2, 0.25) is 0 Å². The van der Waals surface area contributed by atoms with Gasteiger partial charge in [0.1, 0.15) is 11.6 Å². The Kier molecular flexibility index (Phi) is 3.55. The monoisotopic (exact) mass is 266 g/mol. The largest absolute Gasteiger partial charge is 0.361 e. The number of rotatable bonds is 3. The molecular formula is C14H16F2N2O. The van der Waals surface area contributed by atoms with Crippen LogP contribution >= 0.6 is 0 Å². The smallest absolute Gasteiger partial charge is 0.254 e. The third-order valence-corrected chi connectivity index (χ3v) is 2.87. The van der Waals surface area contributed by atoms with Crippen LogP contribution in [0.15, 0.2) is 24.3 Å². The molecule has 0 aliphatic carbocycles. The second kappa shape index (κ2) is 4.99. The standard InChI is InChI=1S/C14H16F2N2O/c1-8(2)17-14(19)10-4-12(16)13(5-11(10)15)18-6-9(3)7-18/h4-5,8H,3,6-7H2,1-2H3,(H,17,19). The number of amides is 1. The minimum absolute atomic E-state index is 0.131. The van der Waals surface area contributed by atoms with Gasteiger partial charge in [-0.1, -0.05) is 6.58 Å². The summed E-state index contributed by atoms with van der Waals surface area (Å²) < 4.78 is 27.8. The molecule has 1 amide bonds. The quantitative estimate of drug-likeness (QED) is 0.852. The minimum atomic E-state index is -0.716. The Hall–Kier alpha value is -1.91. The van der Waals surface area contributed by atoms with Crippen molar-refractivity contribution in [1.82, 2.24) is 5.32 Å². The molecule has 1 aromatic rings. The normalized spacial score (nSPS) is 14.6. The molecule has 2 rings (SSSR count). The lowest BCUT2D eigenvalue weighted by molar-refractivity contribution is 0.0938. The molecule has 0 atom stereocenters. The van der Waals surface area contributed by atoms with Crippen molar-refractivity contribution in [2.45, 2.75) is 19.9 Å². The van der Waals surface area contributed by atoms with Gasteiger partial charge in [-0.05, 0) is 25.5 Å². The highest BCUT2D eigenvalue weighted by molar-refractivity contribution is 5.95. The van der Waals surface area contributed by atoms with Crippen LogP contribution in [0.1, 0.15) is 24.2 Å². The fourth-order valence-corrected chi connectivity index (χ4v) is 1.96. The maximum atomic E-state index is 13.9. The molecule has 5 heteroatoms. The second-order valence-electron chi connectivity index (χ2n) is 5.02. The SMILES string of the molecule is C=C1CN(c2cc(F)c(C(=O)NC(C)C)cc2F)C1. The number of anilines is 1. The summed E-state index contributed by atoms with van der Waals surface area (Å²) in [5.74, 6) is -1.92. The van der Waals surface area contributed by atoms with Gasteiger partial charge in [-0.25, -0.2) is 8.78 Å². The van der Waals surface area contributed by atoms with Crippen molar-refractivity contribution < 1.29 is 13.6 Å². The molecule has 0 bridgehead atoms. The van der Waals surface area contributed by atoms with Crippen LogP contribution in [0.3, 0.4) is 0 Å². The highest BCUT2D eigenvalue weighted by atomic mass is 19.1. The lowest BCUT2D eigenvalue weighted by Crippen LogP contribution is -2.40. The Bertz CT molecular complexity index is 532. The predicted octanol–water partition coefficient (Wildman–Crippen LogP) is 2.48. The zero-order valence-electron chi connectivity index (χ0n) is 11.0. The fraction of sp³-hybridized carbons (Fsp3) is 0.357. The van der Waals surface area contributed by atoms with Gasteiger partial charge in [0.15, 0.2) is 0 Å². The van der Waals surface area contributed by atoms with Crippen molar-refractivity contribution in [2.24, 2.45) is 0 Å². The first-order valence-corrected chi connectivity index (χ1v) is 6.10. The summed E-state index contributed by atoms with van der Waals surface area (Å²) in [7, 11) is 0. The molecule has 1 heterocycles. The van der Waals surface area contributed by atoms with Crippen molar-refractivity contribution >= 4 is 11.6 Å². The molecule has 102 valence electrons. The van der Waals surface area contributed by atoms with Crippen molar-refractivity contribution in [3.63, 3.8) is 0 Å². The molecule has 1 aromatic carbocycles. The van der Waals surface area contributed by atoms with E-state index in [0.29, 0.717) is 13.1 Å². The van der Waals surface area contributed by atoms with Gasteiger partial charge in [0.2, 0.25) is 0 Å². The van der Waals surface area contributed by atoms with Crippen molar-refractivity contribution in [2.75, 3.05) is 18.0 Å². The van der Waals surface area contributed by atoms with Crippen molar-refractivity contribution in [3.05, 3.63) is 41.5 Å². The molecule has 0 unspecified atom stereocenters. The summed E-state index contributed by atoms with van der Waals surface area (Å²) in [4.78, 5) is 13.4. The number of carbonyl (C=O) groups is 1. The van der Waals surface area contributed by atoms with Gasteiger partial charge >= 0.3 is 0 Å². The van der Waals surface area contributed by atoms with E-state index in [1.54, 1.807) is 18.7 Å². The third-order valence-electron chi connectivity index (χ3n) is 2.87. The maximum Gasteiger partial charge on any atom is 0.254 e. The number of nitrogens with zero attached hydrogens (tertiary/aromatic N) is 1. The first-order chi connectivity index (χ1) is 8.88. The maximum absolute atomic E-state index is 13.9. The van der Waals surface area contributed by atoms with E-state index in [-0.39, 0.29) is 17.3 Å². The molecule has 1 aliphatic rings. The number of carbonyl (C=O) groups excluding carboxylic acids is 1. The number of nitrogens with one attached hydrogen (secondary N) is 1. The van der Waals surface area contributed by atoms with Gasteiger partial charge in [-0.15, -0.1) is 0 Å². The zero-order valence-corrected chi connectivity index (χ0v) is 11.0. The molecule has 1 aliphatic heterocycles. The number of hydrogen-bond donors (Lipinski definition) is 1. The van der Waals surface area contributed by atoms with Gasteiger partial charge in [-0.2, -0.15) is 0 Å². The van der Waals surface area contributed by atoms with E-state index in [0.717, 1.165) is 17.7 Å². The van der Waals surface area contributed by atoms with E-state index in [2.05, 4.69) is 11.9 Å². The number of hydrogen-bond acceptors (Lipinski definition) is 2. The van der Waals surface area contributed by atoms with Gasteiger partial charge < -0.3 is 10.2 Å². The summed E-state index contributed by atoms with van der Waals surface area (Å²) in [5, 5.41) is 2.54. The molecule has 3 nitrogen and oxygen atoms in total. The molecule has 19 heavy (non-hydrogen) atoms. The first-order valence-electron chi connectivity index (χ1n) is 6.10. The summed E-state index contributed by atoms with van der Waals surface area (Å²) in [6.45, 7) is 8.30. The highest BCUT2D eigenvalue weighted by Gasteiger charge is 2.24. The lowest BCUT2D eigenvalue weighted by atomic mass is 10.1. The Morgan fingerprint density at radius 1 is 1.32 bits per heavy atom. The first kappa shape index (κ1) is 13.5. The molecule has 1 N–H and O–H groups in total. The van der Waals surface area contributed by atoms with Crippen LogP contribution in [0.25, 0.3) is 0 Å².